The summed E-state index contributed by atoms with van der Waals surface area (Å²) < 4.78 is 0.948. The van der Waals surface area contributed by atoms with E-state index < -0.39 is 0 Å². The van der Waals surface area contributed by atoms with E-state index in [-0.39, 0.29) is 11.4 Å². The normalized spacial score (nSPS) is 11.4. The van der Waals surface area contributed by atoms with Gasteiger partial charge in [0.2, 0.25) is 0 Å². The Kier molecular flexibility index (Phi) is 6.41. The van der Waals surface area contributed by atoms with Crippen LogP contribution in [0.15, 0.2) is 18.2 Å². The van der Waals surface area contributed by atoms with Crippen molar-refractivity contribution in [1.29, 1.82) is 0 Å². The zero-order valence-corrected chi connectivity index (χ0v) is 14.9. The molecule has 100 valence electrons. The van der Waals surface area contributed by atoms with Gasteiger partial charge in [-0.25, -0.2) is 0 Å². The molecular formula is C13H16BrClINO. The first-order valence-electron chi connectivity index (χ1n) is 5.81. The molecule has 2 nitrogen and oxygen atoms in total. The van der Waals surface area contributed by atoms with Crippen molar-refractivity contribution in [1.82, 2.24) is 5.32 Å². The maximum Gasteiger partial charge on any atom is 0.251 e. The summed E-state index contributed by atoms with van der Waals surface area (Å²) in [6.45, 7) is 4.15. The molecule has 0 aliphatic rings. The lowest BCUT2D eigenvalue weighted by Crippen LogP contribution is -2.49. The van der Waals surface area contributed by atoms with Crippen molar-refractivity contribution in [2.45, 2.75) is 32.2 Å². The molecule has 0 bridgehead atoms. The van der Waals surface area contributed by atoms with Gasteiger partial charge in [0, 0.05) is 20.0 Å². The number of carbonyl (C=O) groups excluding carboxylic acids is 1. The third-order valence-electron chi connectivity index (χ3n) is 3.17. The van der Waals surface area contributed by atoms with Gasteiger partial charge in [-0.1, -0.05) is 41.4 Å². The van der Waals surface area contributed by atoms with E-state index in [0.717, 1.165) is 21.7 Å². The molecule has 5 heteroatoms. The Labute approximate surface area is 135 Å². The fourth-order valence-corrected chi connectivity index (χ4v) is 3.05. The number of alkyl halides is 1. The third kappa shape index (κ3) is 3.84. The second-order valence-electron chi connectivity index (χ2n) is 4.20. The summed E-state index contributed by atoms with van der Waals surface area (Å²) in [4.78, 5) is 12.2. The molecule has 1 rings (SSSR count). The molecule has 0 aliphatic heterocycles. The number of nitrogens with one attached hydrogen (secondary N) is 1. The van der Waals surface area contributed by atoms with Gasteiger partial charge in [0.05, 0.1) is 5.02 Å². The summed E-state index contributed by atoms with van der Waals surface area (Å²) >= 11 is 11.7. The molecular weight excluding hydrogens is 428 g/mol. The van der Waals surface area contributed by atoms with Crippen molar-refractivity contribution in [3.05, 3.63) is 32.4 Å². The van der Waals surface area contributed by atoms with Crippen LogP contribution in [-0.4, -0.2) is 16.8 Å². The van der Waals surface area contributed by atoms with Crippen LogP contribution in [0.5, 0.6) is 0 Å². The first-order chi connectivity index (χ1) is 8.48. The van der Waals surface area contributed by atoms with Crippen molar-refractivity contribution >= 4 is 56.0 Å². The van der Waals surface area contributed by atoms with Gasteiger partial charge >= 0.3 is 0 Å². The first-order valence-corrected chi connectivity index (χ1v) is 8.39. The van der Waals surface area contributed by atoms with Gasteiger partial charge in [-0.3, -0.25) is 4.79 Å². The van der Waals surface area contributed by atoms with Crippen LogP contribution >= 0.6 is 50.1 Å². The summed E-state index contributed by atoms with van der Waals surface area (Å²) in [5, 5.41) is 4.45. The average molecular weight is 445 g/mol. The minimum Gasteiger partial charge on any atom is -0.346 e. The molecule has 1 aromatic carbocycles. The van der Waals surface area contributed by atoms with Crippen molar-refractivity contribution in [2.75, 3.05) is 5.33 Å². The molecule has 0 atom stereocenters. The lowest BCUT2D eigenvalue weighted by atomic mass is 9.95. The Balaban J connectivity index is 2.90. The van der Waals surface area contributed by atoms with Gasteiger partial charge in [0.25, 0.3) is 5.91 Å². The smallest absolute Gasteiger partial charge is 0.251 e. The standard InChI is InChI=1S/C13H16BrClINO/c1-3-13(4-2,8-14)17-12(18)9-5-6-11(16)10(15)7-9/h5-7H,3-4,8H2,1-2H3,(H,17,18). The van der Waals surface area contributed by atoms with E-state index >= 15 is 0 Å². The first kappa shape index (κ1) is 16.2. The van der Waals surface area contributed by atoms with E-state index in [1.807, 2.05) is 6.07 Å². The van der Waals surface area contributed by atoms with Crippen LogP contribution in [-0.2, 0) is 0 Å². The highest BCUT2D eigenvalue weighted by Crippen LogP contribution is 2.22. The van der Waals surface area contributed by atoms with Crippen LogP contribution in [0.4, 0.5) is 0 Å². The number of halogens is 3. The molecule has 18 heavy (non-hydrogen) atoms. The van der Waals surface area contributed by atoms with Crippen molar-refractivity contribution in [3.63, 3.8) is 0 Å². The van der Waals surface area contributed by atoms with Gasteiger partial charge in [0.15, 0.2) is 0 Å². The Bertz CT molecular complexity index is 427. The summed E-state index contributed by atoms with van der Waals surface area (Å²) in [5.41, 5.74) is 0.416. The number of carbonyl (C=O) groups is 1. The summed E-state index contributed by atoms with van der Waals surface area (Å²) in [5.74, 6) is -0.0727. The lowest BCUT2D eigenvalue weighted by Gasteiger charge is -2.31. The molecule has 0 unspecified atom stereocenters. The SMILES string of the molecule is CCC(CC)(CBr)NC(=O)c1ccc(I)c(Cl)c1. The summed E-state index contributed by atoms with van der Waals surface area (Å²) in [6.07, 6.45) is 1.77. The lowest BCUT2D eigenvalue weighted by molar-refractivity contribution is 0.0903. The van der Waals surface area contributed by atoms with Gasteiger partial charge < -0.3 is 5.32 Å². The molecule has 1 amide bonds. The van der Waals surface area contributed by atoms with Crippen LogP contribution in [0.1, 0.15) is 37.0 Å². The van der Waals surface area contributed by atoms with Gasteiger partial charge in [-0.2, -0.15) is 0 Å². The van der Waals surface area contributed by atoms with E-state index in [4.69, 9.17) is 11.6 Å². The van der Waals surface area contributed by atoms with Gasteiger partial charge in [-0.05, 0) is 53.6 Å². The molecule has 0 saturated heterocycles. The summed E-state index contributed by atoms with van der Waals surface area (Å²) in [6, 6.07) is 5.36. The van der Waals surface area contributed by atoms with Gasteiger partial charge in [0.1, 0.15) is 0 Å². The van der Waals surface area contributed by atoms with Crippen molar-refractivity contribution < 1.29 is 4.79 Å². The third-order valence-corrected chi connectivity index (χ3v) is 5.82. The largest absolute Gasteiger partial charge is 0.346 e. The van der Waals surface area contributed by atoms with E-state index in [1.54, 1.807) is 12.1 Å². The molecule has 1 N–H and O–H groups in total. The molecule has 0 radical (unpaired) electrons. The van der Waals surface area contributed by atoms with E-state index in [2.05, 4.69) is 57.7 Å². The number of hydrogen-bond donors (Lipinski definition) is 1. The Morgan fingerprint density at radius 2 is 2.06 bits per heavy atom. The van der Waals surface area contributed by atoms with Crippen molar-refractivity contribution in [3.8, 4) is 0 Å². The Morgan fingerprint density at radius 1 is 1.44 bits per heavy atom. The van der Waals surface area contributed by atoms with Crippen LogP contribution in [0.2, 0.25) is 5.02 Å². The fraction of sp³-hybridized carbons (Fsp3) is 0.462. The fourth-order valence-electron chi connectivity index (χ4n) is 1.60. The highest BCUT2D eigenvalue weighted by Gasteiger charge is 2.27. The predicted octanol–water partition coefficient (Wildman–Crippen LogP) is 4.63. The number of amides is 1. The molecule has 1 aromatic rings. The molecule has 0 fully saturated rings. The molecule has 0 spiro atoms. The van der Waals surface area contributed by atoms with E-state index in [0.29, 0.717) is 10.6 Å². The van der Waals surface area contributed by atoms with Crippen LogP contribution in [0, 0.1) is 3.57 Å². The Morgan fingerprint density at radius 3 is 2.50 bits per heavy atom. The highest BCUT2D eigenvalue weighted by molar-refractivity contribution is 14.1. The number of benzene rings is 1. The van der Waals surface area contributed by atoms with Gasteiger partial charge in [-0.15, -0.1) is 0 Å². The molecule has 0 saturated carbocycles. The topological polar surface area (TPSA) is 29.1 Å². The molecule has 0 aliphatic carbocycles. The Hall–Kier alpha value is 0.190. The zero-order chi connectivity index (χ0) is 13.8. The quantitative estimate of drug-likeness (QED) is 0.521. The monoisotopic (exact) mass is 443 g/mol. The van der Waals surface area contributed by atoms with E-state index in [9.17, 15) is 4.79 Å². The summed E-state index contributed by atoms with van der Waals surface area (Å²) in [7, 11) is 0. The second-order valence-corrected chi connectivity index (χ2v) is 6.33. The highest BCUT2D eigenvalue weighted by atomic mass is 127. The van der Waals surface area contributed by atoms with Crippen molar-refractivity contribution in [2.24, 2.45) is 0 Å². The number of rotatable bonds is 5. The van der Waals surface area contributed by atoms with Crippen LogP contribution in [0.3, 0.4) is 0 Å². The number of hydrogen-bond acceptors (Lipinski definition) is 1. The average Bonchev–Trinajstić information content (AvgIpc) is 2.39. The zero-order valence-electron chi connectivity index (χ0n) is 10.4. The maximum absolute atomic E-state index is 12.2. The van der Waals surface area contributed by atoms with Crippen LogP contribution in [0.25, 0.3) is 0 Å². The predicted molar refractivity (Wildman–Crippen MR) is 88.7 cm³/mol. The molecule has 0 heterocycles. The molecule has 0 aromatic heterocycles. The van der Waals surface area contributed by atoms with E-state index in [1.165, 1.54) is 0 Å². The van der Waals surface area contributed by atoms with Crippen LogP contribution < -0.4 is 5.32 Å². The minimum atomic E-state index is -0.188. The minimum absolute atomic E-state index is 0.0727. The second kappa shape index (κ2) is 7.10. The maximum atomic E-state index is 12.2.